The van der Waals surface area contributed by atoms with Gasteiger partial charge < -0.3 is 5.73 Å². The largest absolute Gasteiger partial charge is 0.399 e. The first kappa shape index (κ1) is 12.3. The zero-order valence-corrected chi connectivity index (χ0v) is 11.4. The van der Waals surface area contributed by atoms with Gasteiger partial charge in [-0.3, -0.25) is 4.21 Å². The van der Waals surface area contributed by atoms with Crippen molar-refractivity contribution >= 4 is 27.8 Å². The van der Waals surface area contributed by atoms with E-state index in [0.29, 0.717) is 5.75 Å². The summed E-state index contributed by atoms with van der Waals surface area (Å²) >= 11 is 1.58. The molecule has 0 saturated heterocycles. The molecular formula is C12H14N2OS2. The van der Waals surface area contributed by atoms with Gasteiger partial charge in [0.05, 0.1) is 27.3 Å². The van der Waals surface area contributed by atoms with Crippen LogP contribution in [0.2, 0.25) is 0 Å². The number of aromatic nitrogens is 1. The third-order valence-electron chi connectivity index (χ3n) is 2.45. The SMILES string of the molecule is Cc1nc(CS(=O)c2ccc(N)c(C)c2)cs1. The highest BCUT2D eigenvalue weighted by Gasteiger charge is 2.08. The van der Waals surface area contributed by atoms with Crippen LogP contribution in [0.25, 0.3) is 0 Å². The molecule has 0 aliphatic heterocycles. The minimum absolute atomic E-state index is 0.466. The number of aryl methyl sites for hydroxylation is 2. The monoisotopic (exact) mass is 266 g/mol. The van der Waals surface area contributed by atoms with Crippen molar-refractivity contribution in [3.05, 3.63) is 39.8 Å². The second-order valence-electron chi connectivity index (χ2n) is 3.87. The first-order valence-corrected chi connectivity index (χ1v) is 7.41. The second-order valence-corrected chi connectivity index (χ2v) is 6.38. The van der Waals surface area contributed by atoms with Gasteiger partial charge in [-0.2, -0.15) is 0 Å². The summed E-state index contributed by atoms with van der Waals surface area (Å²) in [6, 6.07) is 5.50. The van der Waals surface area contributed by atoms with Gasteiger partial charge in [-0.1, -0.05) is 0 Å². The van der Waals surface area contributed by atoms with E-state index < -0.39 is 10.8 Å². The number of hydrogen-bond donors (Lipinski definition) is 1. The maximum Gasteiger partial charge on any atom is 0.0897 e. The highest BCUT2D eigenvalue weighted by Crippen LogP contribution is 2.18. The smallest absolute Gasteiger partial charge is 0.0897 e. The zero-order chi connectivity index (χ0) is 12.4. The topological polar surface area (TPSA) is 56.0 Å². The Morgan fingerprint density at radius 2 is 2.18 bits per heavy atom. The Morgan fingerprint density at radius 3 is 2.76 bits per heavy atom. The third kappa shape index (κ3) is 2.92. The van der Waals surface area contributed by atoms with Crippen molar-refractivity contribution in [2.45, 2.75) is 24.5 Å². The summed E-state index contributed by atoms with van der Waals surface area (Å²) in [4.78, 5) is 5.12. The van der Waals surface area contributed by atoms with E-state index in [2.05, 4.69) is 4.98 Å². The molecule has 0 aliphatic rings. The Bertz CT molecular complexity index is 563. The van der Waals surface area contributed by atoms with Crippen molar-refractivity contribution in [1.82, 2.24) is 4.98 Å². The van der Waals surface area contributed by atoms with Crippen LogP contribution in [0, 0.1) is 13.8 Å². The number of nitrogens with two attached hydrogens (primary N) is 1. The zero-order valence-electron chi connectivity index (χ0n) is 9.77. The summed E-state index contributed by atoms with van der Waals surface area (Å²) in [5.41, 5.74) is 8.32. The summed E-state index contributed by atoms with van der Waals surface area (Å²) in [5, 5.41) is 2.96. The summed E-state index contributed by atoms with van der Waals surface area (Å²) in [6.07, 6.45) is 0. The number of thiazole rings is 1. The summed E-state index contributed by atoms with van der Waals surface area (Å²) in [7, 11) is -1.05. The van der Waals surface area contributed by atoms with Gasteiger partial charge in [-0.05, 0) is 37.6 Å². The van der Waals surface area contributed by atoms with Gasteiger partial charge in [0.25, 0.3) is 0 Å². The quantitative estimate of drug-likeness (QED) is 0.869. The highest BCUT2D eigenvalue weighted by atomic mass is 32.2. The van der Waals surface area contributed by atoms with Gasteiger partial charge in [0.1, 0.15) is 0 Å². The first-order valence-electron chi connectivity index (χ1n) is 5.22. The molecule has 1 unspecified atom stereocenters. The van der Waals surface area contributed by atoms with E-state index in [1.54, 1.807) is 17.4 Å². The van der Waals surface area contributed by atoms with Crippen molar-refractivity contribution in [2.24, 2.45) is 0 Å². The average molecular weight is 266 g/mol. The molecule has 1 atom stereocenters. The molecule has 2 N–H and O–H groups in total. The first-order chi connectivity index (χ1) is 8.06. The lowest BCUT2D eigenvalue weighted by atomic mass is 10.2. The van der Waals surface area contributed by atoms with Gasteiger partial charge >= 0.3 is 0 Å². The Kier molecular flexibility index (Phi) is 3.59. The lowest BCUT2D eigenvalue weighted by molar-refractivity contribution is 0.682. The van der Waals surface area contributed by atoms with Gasteiger partial charge in [0, 0.05) is 16.0 Å². The molecule has 1 aromatic heterocycles. The summed E-state index contributed by atoms with van der Waals surface area (Å²) in [6.45, 7) is 3.87. The van der Waals surface area contributed by atoms with Crippen molar-refractivity contribution in [1.29, 1.82) is 0 Å². The Morgan fingerprint density at radius 1 is 1.41 bits per heavy atom. The molecule has 3 nitrogen and oxygen atoms in total. The highest BCUT2D eigenvalue weighted by molar-refractivity contribution is 7.84. The Balaban J connectivity index is 2.17. The molecule has 1 aromatic carbocycles. The number of hydrogen-bond acceptors (Lipinski definition) is 4. The number of anilines is 1. The molecule has 0 spiro atoms. The fourth-order valence-electron chi connectivity index (χ4n) is 1.48. The second kappa shape index (κ2) is 4.98. The molecule has 0 fully saturated rings. The molecule has 90 valence electrons. The van der Waals surface area contributed by atoms with Crippen LogP contribution in [-0.4, -0.2) is 9.19 Å². The van der Waals surface area contributed by atoms with Gasteiger partial charge in [-0.25, -0.2) is 4.98 Å². The van der Waals surface area contributed by atoms with Crippen LogP contribution in [0.1, 0.15) is 16.3 Å². The van der Waals surface area contributed by atoms with Crippen molar-refractivity contribution in [3.8, 4) is 0 Å². The molecule has 0 amide bonds. The standard InChI is InChI=1S/C12H14N2OS2/c1-8-5-11(3-4-12(8)13)17(15)7-10-6-16-9(2)14-10/h3-6H,7,13H2,1-2H3. The molecule has 0 bridgehead atoms. The van der Waals surface area contributed by atoms with Gasteiger partial charge in [0.15, 0.2) is 0 Å². The van der Waals surface area contributed by atoms with Crippen molar-refractivity contribution < 1.29 is 4.21 Å². The molecule has 2 rings (SSSR count). The fourth-order valence-corrected chi connectivity index (χ4v) is 3.31. The lowest BCUT2D eigenvalue weighted by Crippen LogP contribution is -1.99. The van der Waals surface area contributed by atoms with Crippen LogP contribution in [0.15, 0.2) is 28.5 Å². The fraction of sp³-hybridized carbons (Fsp3) is 0.250. The van der Waals surface area contributed by atoms with Crippen molar-refractivity contribution in [2.75, 3.05) is 5.73 Å². The van der Waals surface area contributed by atoms with E-state index in [1.807, 2.05) is 31.4 Å². The molecule has 0 radical (unpaired) electrons. The predicted octanol–water partition coefficient (Wildman–Crippen LogP) is 2.65. The maximum absolute atomic E-state index is 12.1. The molecule has 0 aliphatic carbocycles. The Hall–Kier alpha value is -1.20. The van der Waals surface area contributed by atoms with Gasteiger partial charge in [0.2, 0.25) is 0 Å². The van der Waals surface area contributed by atoms with E-state index in [9.17, 15) is 4.21 Å². The van der Waals surface area contributed by atoms with E-state index in [4.69, 9.17) is 5.73 Å². The van der Waals surface area contributed by atoms with E-state index >= 15 is 0 Å². The molecule has 5 heteroatoms. The minimum Gasteiger partial charge on any atom is -0.399 e. The van der Waals surface area contributed by atoms with Crippen LogP contribution >= 0.6 is 11.3 Å². The number of nitrogen functional groups attached to an aromatic ring is 1. The van der Waals surface area contributed by atoms with Gasteiger partial charge in [-0.15, -0.1) is 11.3 Å². The summed E-state index contributed by atoms with van der Waals surface area (Å²) in [5.74, 6) is 0.466. The lowest BCUT2D eigenvalue weighted by Gasteiger charge is -2.04. The molecule has 0 saturated carbocycles. The van der Waals surface area contributed by atoms with E-state index in [-0.39, 0.29) is 0 Å². The van der Waals surface area contributed by atoms with Crippen LogP contribution in [0.3, 0.4) is 0 Å². The molecule has 1 heterocycles. The van der Waals surface area contributed by atoms with Crippen LogP contribution < -0.4 is 5.73 Å². The van der Waals surface area contributed by atoms with Crippen LogP contribution in [0.5, 0.6) is 0 Å². The molecule has 17 heavy (non-hydrogen) atoms. The number of nitrogens with zero attached hydrogens (tertiary/aromatic N) is 1. The van der Waals surface area contributed by atoms with E-state index in [1.165, 1.54) is 0 Å². The van der Waals surface area contributed by atoms with Crippen molar-refractivity contribution in [3.63, 3.8) is 0 Å². The predicted molar refractivity (Wildman–Crippen MR) is 72.6 cm³/mol. The molecular weight excluding hydrogens is 252 g/mol. The average Bonchev–Trinajstić information content (AvgIpc) is 2.68. The molecule has 2 aromatic rings. The number of rotatable bonds is 3. The Labute approximate surface area is 107 Å². The van der Waals surface area contributed by atoms with Crippen LogP contribution in [0.4, 0.5) is 5.69 Å². The van der Waals surface area contributed by atoms with Crippen LogP contribution in [-0.2, 0) is 16.6 Å². The number of benzene rings is 1. The minimum atomic E-state index is -1.05. The third-order valence-corrected chi connectivity index (χ3v) is 4.61. The van der Waals surface area contributed by atoms with E-state index in [0.717, 1.165) is 26.8 Å². The summed E-state index contributed by atoms with van der Waals surface area (Å²) < 4.78 is 12.1. The normalized spacial score (nSPS) is 12.6. The maximum atomic E-state index is 12.1.